The van der Waals surface area contributed by atoms with Crippen LogP contribution in [0.3, 0.4) is 0 Å². The second-order valence-electron chi connectivity index (χ2n) is 3.58. The summed E-state index contributed by atoms with van der Waals surface area (Å²) < 4.78 is 37.8. The van der Waals surface area contributed by atoms with E-state index in [0.29, 0.717) is 6.29 Å². The van der Waals surface area contributed by atoms with Gasteiger partial charge in [0.25, 0.3) is 0 Å². The van der Waals surface area contributed by atoms with Crippen molar-refractivity contribution < 1.29 is 18.0 Å². The van der Waals surface area contributed by atoms with Crippen LogP contribution < -0.4 is 0 Å². The van der Waals surface area contributed by atoms with Gasteiger partial charge in [0.1, 0.15) is 6.29 Å². The van der Waals surface area contributed by atoms with Gasteiger partial charge < -0.3 is 0 Å². The standard InChI is InChI=1S/C11H11F3O/c1-7(2)10-8(6-15)4-3-5-9(10)11(12,13)14/h3-7H,1-2H3. The fourth-order valence-corrected chi connectivity index (χ4v) is 1.58. The lowest BCUT2D eigenvalue weighted by Gasteiger charge is -2.17. The Balaban J connectivity index is 3.45. The molecule has 82 valence electrons. The first-order chi connectivity index (χ1) is 6.88. The number of aldehydes is 1. The monoisotopic (exact) mass is 216 g/mol. The molecular formula is C11H11F3O. The van der Waals surface area contributed by atoms with E-state index in [0.717, 1.165) is 6.07 Å². The molecule has 0 radical (unpaired) electrons. The molecule has 0 saturated carbocycles. The van der Waals surface area contributed by atoms with Crippen LogP contribution in [0.1, 0.15) is 41.3 Å². The fraction of sp³-hybridized carbons (Fsp3) is 0.364. The molecule has 0 unspecified atom stereocenters. The third-order valence-electron chi connectivity index (χ3n) is 2.15. The minimum absolute atomic E-state index is 0.0694. The molecule has 15 heavy (non-hydrogen) atoms. The summed E-state index contributed by atoms with van der Waals surface area (Å²) in [6.07, 6.45) is -3.94. The summed E-state index contributed by atoms with van der Waals surface area (Å²) in [7, 11) is 0. The van der Waals surface area contributed by atoms with Crippen LogP contribution in [0.25, 0.3) is 0 Å². The van der Waals surface area contributed by atoms with Crippen molar-refractivity contribution in [1.29, 1.82) is 0 Å². The fourth-order valence-electron chi connectivity index (χ4n) is 1.58. The highest BCUT2D eigenvalue weighted by Gasteiger charge is 2.34. The lowest BCUT2D eigenvalue weighted by atomic mass is 9.92. The van der Waals surface area contributed by atoms with Crippen LogP contribution in [0.5, 0.6) is 0 Å². The summed E-state index contributed by atoms with van der Waals surface area (Å²) in [4.78, 5) is 10.6. The molecule has 0 aliphatic rings. The third-order valence-corrected chi connectivity index (χ3v) is 2.15. The van der Waals surface area contributed by atoms with Gasteiger partial charge in [0.15, 0.2) is 0 Å². The van der Waals surface area contributed by atoms with Crippen LogP contribution in [0, 0.1) is 0 Å². The van der Waals surface area contributed by atoms with E-state index in [1.165, 1.54) is 12.1 Å². The molecular weight excluding hydrogens is 205 g/mol. The van der Waals surface area contributed by atoms with Crippen molar-refractivity contribution in [3.8, 4) is 0 Å². The number of carbonyl (C=O) groups excluding carboxylic acids is 1. The highest BCUT2D eigenvalue weighted by atomic mass is 19.4. The summed E-state index contributed by atoms with van der Waals surface area (Å²) in [6.45, 7) is 3.27. The zero-order valence-electron chi connectivity index (χ0n) is 8.43. The molecule has 0 bridgehead atoms. The second kappa shape index (κ2) is 4.04. The molecule has 0 aromatic heterocycles. The van der Waals surface area contributed by atoms with E-state index in [1.807, 2.05) is 0 Å². The highest BCUT2D eigenvalue weighted by molar-refractivity contribution is 5.78. The van der Waals surface area contributed by atoms with Crippen LogP contribution in [0.4, 0.5) is 13.2 Å². The maximum absolute atomic E-state index is 12.6. The van der Waals surface area contributed by atoms with E-state index >= 15 is 0 Å². The molecule has 4 heteroatoms. The molecule has 0 N–H and O–H groups in total. The smallest absolute Gasteiger partial charge is 0.298 e. The van der Waals surface area contributed by atoms with Gasteiger partial charge in [0.2, 0.25) is 0 Å². The van der Waals surface area contributed by atoms with Gasteiger partial charge in [-0.15, -0.1) is 0 Å². The summed E-state index contributed by atoms with van der Waals surface area (Å²) in [5.41, 5.74) is -0.540. The van der Waals surface area contributed by atoms with Crippen molar-refractivity contribution in [2.75, 3.05) is 0 Å². The molecule has 0 fully saturated rings. The molecule has 1 aromatic carbocycles. The van der Waals surface area contributed by atoms with Gasteiger partial charge in [-0.3, -0.25) is 4.79 Å². The number of alkyl halides is 3. The Kier molecular flexibility index (Phi) is 3.17. The van der Waals surface area contributed by atoms with Crippen LogP contribution in [-0.2, 0) is 6.18 Å². The van der Waals surface area contributed by atoms with Gasteiger partial charge in [0, 0.05) is 5.56 Å². The Labute approximate surface area is 85.9 Å². The van der Waals surface area contributed by atoms with E-state index in [1.54, 1.807) is 13.8 Å². The Morgan fingerprint density at radius 3 is 2.27 bits per heavy atom. The van der Waals surface area contributed by atoms with E-state index in [4.69, 9.17) is 0 Å². The number of hydrogen-bond donors (Lipinski definition) is 0. The predicted molar refractivity (Wildman–Crippen MR) is 50.9 cm³/mol. The number of benzene rings is 1. The van der Waals surface area contributed by atoms with E-state index in [-0.39, 0.29) is 17.0 Å². The van der Waals surface area contributed by atoms with E-state index in [9.17, 15) is 18.0 Å². The number of rotatable bonds is 2. The van der Waals surface area contributed by atoms with Gasteiger partial charge in [-0.25, -0.2) is 0 Å². The highest BCUT2D eigenvalue weighted by Crippen LogP contribution is 2.36. The third kappa shape index (κ3) is 2.37. The van der Waals surface area contributed by atoms with Gasteiger partial charge in [-0.1, -0.05) is 26.0 Å². The summed E-state index contributed by atoms with van der Waals surface area (Å²) in [6, 6.07) is 3.65. The maximum Gasteiger partial charge on any atom is 0.416 e. The quantitative estimate of drug-likeness (QED) is 0.690. The zero-order valence-corrected chi connectivity index (χ0v) is 8.43. The van der Waals surface area contributed by atoms with Gasteiger partial charge in [-0.05, 0) is 17.5 Å². The minimum atomic E-state index is -4.40. The Bertz CT molecular complexity index is 367. The summed E-state index contributed by atoms with van der Waals surface area (Å²) in [5.74, 6) is -0.331. The largest absolute Gasteiger partial charge is 0.416 e. The van der Waals surface area contributed by atoms with Crippen molar-refractivity contribution >= 4 is 6.29 Å². The van der Waals surface area contributed by atoms with Crippen molar-refractivity contribution in [2.24, 2.45) is 0 Å². The summed E-state index contributed by atoms with van der Waals surface area (Å²) >= 11 is 0. The van der Waals surface area contributed by atoms with Gasteiger partial charge >= 0.3 is 6.18 Å². The zero-order chi connectivity index (χ0) is 11.6. The Morgan fingerprint density at radius 2 is 1.87 bits per heavy atom. The average molecular weight is 216 g/mol. The minimum Gasteiger partial charge on any atom is -0.298 e. The molecule has 1 aromatic rings. The molecule has 1 nitrogen and oxygen atoms in total. The van der Waals surface area contributed by atoms with E-state index < -0.39 is 11.7 Å². The first-order valence-electron chi connectivity index (χ1n) is 4.53. The molecule has 0 saturated heterocycles. The van der Waals surface area contributed by atoms with Crippen molar-refractivity contribution in [3.05, 3.63) is 34.9 Å². The van der Waals surface area contributed by atoms with Gasteiger partial charge in [-0.2, -0.15) is 13.2 Å². The molecule has 0 spiro atoms. The van der Waals surface area contributed by atoms with Crippen LogP contribution >= 0.6 is 0 Å². The van der Waals surface area contributed by atoms with E-state index in [2.05, 4.69) is 0 Å². The topological polar surface area (TPSA) is 17.1 Å². The predicted octanol–water partition coefficient (Wildman–Crippen LogP) is 3.64. The first kappa shape index (κ1) is 11.8. The van der Waals surface area contributed by atoms with Crippen molar-refractivity contribution in [2.45, 2.75) is 25.9 Å². The summed E-state index contributed by atoms with van der Waals surface area (Å²) in [5, 5.41) is 0. The molecule has 1 rings (SSSR count). The number of carbonyl (C=O) groups is 1. The Morgan fingerprint density at radius 1 is 1.27 bits per heavy atom. The molecule has 0 heterocycles. The molecule has 0 atom stereocenters. The second-order valence-corrected chi connectivity index (χ2v) is 3.58. The van der Waals surface area contributed by atoms with Crippen LogP contribution in [-0.4, -0.2) is 6.29 Å². The number of halogens is 3. The Hall–Kier alpha value is -1.32. The van der Waals surface area contributed by atoms with Crippen molar-refractivity contribution in [3.63, 3.8) is 0 Å². The molecule has 0 amide bonds. The normalized spacial score (nSPS) is 11.9. The van der Waals surface area contributed by atoms with Crippen LogP contribution in [0.2, 0.25) is 0 Å². The maximum atomic E-state index is 12.6. The van der Waals surface area contributed by atoms with Crippen LogP contribution in [0.15, 0.2) is 18.2 Å². The molecule has 0 aliphatic carbocycles. The number of hydrogen-bond acceptors (Lipinski definition) is 1. The average Bonchev–Trinajstić information content (AvgIpc) is 2.15. The SMILES string of the molecule is CC(C)c1c(C=O)cccc1C(F)(F)F. The molecule has 0 aliphatic heterocycles. The van der Waals surface area contributed by atoms with Gasteiger partial charge in [0.05, 0.1) is 5.56 Å². The van der Waals surface area contributed by atoms with Crippen molar-refractivity contribution in [1.82, 2.24) is 0 Å². The lowest BCUT2D eigenvalue weighted by Crippen LogP contribution is -2.12. The first-order valence-corrected chi connectivity index (χ1v) is 4.53. The lowest BCUT2D eigenvalue weighted by molar-refractivity contribution is -0.138.